The second-order valence-corrected chi connectivity index (χ2v) is 6.24. The normalized spacial score (nSPS) is 17.6. The molecule has 1 aromatic carbocycles. The highest BCUT2D eigenvalue weighted by Gasteiger charge is 2.17. The van der Waals surface area contributed by atoms with Crippen LogP contribution in [-0.2, 0) is 0 Å². The van der Waals surface area contributed by atoms with Gasteiger partial charge in [-0.3, -0.25) is 4.79 Å². The maximum atomic E-state index is 12.3. The summed E-state index contributed by atoms with van der Waals surface area (Å²) in [7, 11) is 0. The van der Waals surface area contributed by atoms with Crippen LogP contribution in [0.25, 0.3) is 0 Å². The summed E-state index contributed by atoms with van der Waals surface area (Å²) in [4.78, 5) is 12.3. The molecule has 19 heavy (non-hydrogen) atoms. The van der Waals surface area contributed by atoms with Gasteiger partial charge in [0.05, 0.1) is 5.56 Å². The lowest BCUT2D eigenvalue weighted by molar-refractivity contribution is 0.0929. The molecule has 0 unspecified atom stereocenters. The van der Waals surface area contributed by atoms with E-state index in [4.69, 9.17) is 0 Å². The summed E-state index contributed by atoms with van der Waals surface area (Å²) < 4.78 is 0.915. The van der Waals surface area contributed by atoms with E-state index in [-0.39, 0.29) is 5.91 Å². The van der Waals surface area contributed by atoms with E-state index in [2.05, 4.69) is 21.2 Å². The van der Waals surface area contributed by atoms with E-state index in [1.807, 2.05) is 25.1 Å². The van der Waals surface area contributed by atoms with Gasteiger partial charge >= 0.3 is 0 Å². The molecule has 0 radical (unpaired) electrons. The Morgan fingerprint density at radius 2 is 1.79 bits per heavy atom. The molecule has 0 aromatic heterocycles. The van der Waals surface area contributed by atoms with E-state index in [0.29, 0.717) is 6.04 Å². The smallest absolute Gasteiger partial charge is 0.252 e. The minimum Gasteiger partial charge on any atom is -0.349 e. The fraction of sp³-hybridized carbons (Fsp3) is 0.562. The predicted octanol–water partition coefficient (Wildman–Crippen LogP) is 4.60. The number of benzene rings is 1. The molecule has 0 atom stereocenters. The number of hydrogen-bond donors (Lipinski definition) is 1. The Hall–Kier alpha value is -0.830. The molecule has 0 spiro atoms. The lowest BCUT2D eigenvalue weighted by atomic mass is 9.96. The van der Waals surface area contributed by atoms with Gasteiger partial charge in [0.15, 0.2) is 0 Å². The van der Waals surface area contributed by atoms with Crippen molar-refractivity contribution in [3.63, 3.8) is 0 Å². The number of carbonyl (C=O) groups excluding carboxylic acids is 1. The molecule has 0 aliphatic heterocycles. The molecule has 3 heteroatoms. The average Bonchev–Trinajstić information content (AvgIpc) is 2.35. The number of rotatable bonds is 2. The zero-order valence-corrected chi connectivity index (χ0v) is 13.1. The van der Waals surface area contributed by atoms with Gasteiger partial charge in [0.1, 0.15) is 0 Å². The number of aryl methyl sites for hydroxylation is 1. The molecule has 0 heterocycles. The van der Waals surface area contributed by atoms with Gasteiger partial charge in [0.2, 0.25) is 0 Å². The van der Waals surface area contributed by atoms with E-state index in [1.54, 1.807) is 0 Å². The summed E-state index contributed by atoms with van der Waals surface area (Å²) in [6, 6.07) is 6.18. The highest BCUT2D eigenvalue weighted by Crippen LogP contribution is 2.22. The highest BCUT2D eigenvalue weighted by molar-refractivity contribution is 9.10. The van der Waals surface area contributed by atoms with Crippen molar-refractivity contribution in [3.05, 3.63) is 33.8 Å². The maximum absolute atomic E-state index is 12.3. The summed E-state index contributed by atoms with van der Waals surface area (Å²) in [5, 5.41) is 3.20. The van der Waals surface area contributed by atoms with E-state index in [9.17, 15) is 4.79 Å². The van der Waals surface area contributed by atoms with Crippen LogP contribution in [0, 0.1) is 6.92 Å². The first-order valence-electron chi connectivity index (χ1n) is 7.24. The van der Waals surface area contributed by atoms with E-state index in [0.717, 1.165) is 28.4 Å². The fourth-order valence-electron chi connectivity index (χ4n) is 2.69. The van der Waals surface area contributed by atoms with Crippen LogP contribution >= 0.6 is 15.9 Å². The average molecular weight is 324 g/mol. The minimum atomic E-state index is 0.0566. The van der Waals surface area contributed by atoms with E-state index >= 15 is 0 Å². The monoisotopic (exact) mass is 323 g/mol. The minimum absolute atomic E-state index is 0.0566. The summed E-state index contributed by atoms with van der Waals surface area (Å²) in [5.41, 5.74) is 1.85. The van der Waals surface area contributed by atoms with Crippen LogP contribution < -0.4 is 5.32 Å². The number of hydrogen-bond acceptors (Lipinski definition) is 1. The molecule has 1 fully saturated rings. The quantitative estimate of drug-likeness (QED) is 0.846. The van der Waals surface area contributed by atoms with Gasteiger partial charge in [-0.25, -0.2) is 0 Å². The summed E-state index contributed by atoms with van der Waals surface area (Å²) >= 11 is 3.51. The Labute approximate surface area is 124 Å². The lowest BCUT2D eigenvalue weighted by Crippen LogP contribution is -2.35. The molecule has 1 saturated carbocycles. The van der Waals surface area contributed by atoms with Gasteiger partial charge in [-0.1, -0.05) is 44.2 Å². The van der Waals surface area contributed by atoms with Gasteiger partial charge in [0.25, 0.3) is 5.91 Å². The van der Waals surface area contributed by atoms with Crippen LogP contribution in [0.1, 0.15) is 60.9 Å². The number of halogens is 1. The largest absolute Gasteiger partial charge is 0.349 e. The molecule has 1 N–H and O–H groups in total. The van der Waals surface area contributed by atoms with E-state index in [1.165, 1.54) is 32.1 Å². The van der Waals surface area contributed by atoms with E-state index < -0.39 is 0 Å². The number of carbonyl (C=O) groups is 1. The zero-order valence-electron chi connectivity index (χ0n) is 11.5. The van der Waals surface area contributed by atoms with Crippen molar-refractivity contribution in [1.29, 1.82) is 0 Å². The Morgan fingerprint density at radius 1 is 1.16 bits per heavy atom. The summed E-state index contributed by atoms with van der Waals surface area (Å²) in [5.74, 6) is 0.0566. The second kappa shape index (κ2) is 7.09. The van der Waals surface area contributed by atoms with Gasteiger partial charge in [-0.2, -0.15) is 0 Å². The van der Waals surface area contributed by atoms with Crippen LogP contribution in [0.2, 0.25) is 0 Å². The fourth-order valence-corrected chi connectivity index (χ4v) is 3.13. The van der Waals surface area contributed by atoms with Crippen molar-refractivity contribution in [3.8, 4) is 0 Å². The molecule has 1 amide bonds. The Bertz CT molecular complexity index is 436. The molecule has 1 aliphatic carbocycles. The van der Waals surface area contributed by atoms with Crippen molar-refractivity contribution < 1.29 is 4.79 Å². The molecule has 104 valence electrons. The first kappa shape index (κ1) is 14.6. The van der Waals surface area contributed by atoms with Crippen LogP contribution in [0.15, 0.2) is 22.7 Å². The first-order chi connectivity index (χ1) is 9.18. The standard InChI is InChI=1S/C16H22BrNO/c1-12-8-7-11-14(15(12)17)16(19)18-13-9-5-3-2-4-6-10-13/h7-8,11,13H,2-6,9-10H2,1H3,(H,18,19). The van der Waals surface area contributed by atoms with Crippen molar-refractivity contribution in [2.45, 2.75) is 57.9 Å². The van der Waals surface area contributed by atoms with Crippen LogP contribution in [-0.4, -0.2) is 11.9 Å². The van der Waals surface area contributed by atoms with Gasteiger partial charge in [0, 0.05) is 10.5 Å². The topological polar surface area (TPSA) is 29.1 Å². The Morgan fingerprint density at radius 3 is 2.47 bits per heavy atom. The summed E-state index contributed by atoms with van der Waals surface area (Å²) in [6.45, 7) is 2.01. The third-order valence-electron chi connectivity index (χ3n) is 3.88. The van der Waals surface area contributed by atoms with Crippen molar-refractivity contribution >= 4 is 21.8 Å². The van der Waals surface area contributed by atoms with Crippen molar-refractivity contribution in [2.24, 2.45) is 0 Å². The molecular formula is C16H22BrNO. The maximum Gasteiger partial charge on any atom is 0.252 e. The number of nitrogens with one attached hydrogen (secondary N) is 1. The molecule has 2 nitrogen and oxygen atoms in total. The van der Waals surface area contributed by atoms with Gasteiger partial charge < -0.3 is 5.32 Å². The molecule has 1 aliphatic rings. The van der Waals surface area contributed by atoms with Crippen LogP contribution in [0.4, 0.5) is 0 Å². The Balaban J connectivity index is 2.01. The molecule has 0 bridgehead atoms. The van der Waals surface area contributed by atoms with Gasteiger partial charge in [-0.05, 0) is 47.3 Å². The van der Waals surface area contributed by atoms with Crippen LogP contribution in [0.5, 0.6) is 0 Å². The zero-order chi connectivity index (χ0) is 13.7. The highest BCUT2D eigenvalue weighted by atomic mass is 79.9. The van der Waals surface area contributed by atoms with Crippen molar-refractivity contribution in [1.82, 2.24) is 5.32 Å². The predicted molar refractivity (Wildman–Crippen MR) is 82.5 cm³/mol. The first-order valence-corrected chi connectivity index (χ1v) is 8.04. The lowest BCUT2D eigenvalue weighted by Gasteiger charge is -2.21. The second-order valence-electron chi connectivity index (χ2n) is 5.45. The molecule has 1 aromatic rings. The SMILES string of the molecule is Cc1cccc(C(=O)NC2CCCCCCC2)c1Br. The third kappa shape index (κ3) is 4.07. The number of amides is 1. The Kier molecular flexibility index (Phi) is 5.44. The third-order valence-corrected chi connectivity index (χ3v) is 4.93. The van der Waals surface area contributed by atoms with Gasteiger partial charge in [-0.15, -0.1) is 0 Å². The molecule has 0 saturated heterocycles. The van der Waals surface area contributed by atoms with Crippen molar-refractivity contribution in [2.75, 3.05) is 0 Å². The molecular weight excluding hydrogens is 302 g/mol. The molecule has 2 rings (SSSR count). The van der Waals surface area contributed by atoms with Crippen LogP contribution in [0.3, 0.4) is 0 Å². The summed E-state index contributed by atoms with van der Waals surface area (Å²) in [6.07, 6.45) is 8.68.